The van der Waals surface area contributed by atoms with Crippen LogP contribution in [0.3, 0.4) is 0 Å². The Kier molecular flexibility index (Phi) is 4.79. The fourth-order valence-electron chi connectivity index (χ4n) is 3.95. The van der Waals surface area contributed by atoms with Gasteiger partial charge in [-0.1, -0.05) is 29.8 Å². The Morgan fingerprint density at radius 1 is 1.17 bits per heavy atom. The third kappa shape index (κ3) is 3.09. The molecule has 30 heavy (non-hydrogen) atoms. The summed E-state index contributed by atoms with van der Waals surface area (Å²) in [6, 6.07) is 9.68. The molecule has 3 aromatic heterocycles. The molecule has 0 spiro atoms. The topological polar surface area (TPSA) is 65.1 Å². The number of aromatic nitrogens is 4. The molecule has 5 rings (SSSR count). The summed E-state index contributed by atoms with van der Waals surface area (Å²) < 4.78 is 3.05. The lowest BCUT2D eigenvalue weighted by Crippen LogP contribution is -2.21. The lowest BCUT2D eigenvalue weighted by molar-refractivity contribution is 0.698. The van der Waals surface area contributed by atoms with E-state index in [2.05, 4.69) is 15.2 Å². The maximum Gasteiger partial charge on any atom is 0.283 e. The number of fused-ring (bicyclic) bond motifs is 3. The number of thiophene rings is 1. The Labute approximate surface area is 182 Å². The van der Waals surface area contributed by atoms with Gasteiger partial charge in [0.05, 0.1) is 28.5 Å². The van der Waals surface area contributed by atoms with E-state index in [0.29, 0.717) is 16.5 Å². The van der Waals surface area contributed by atoms with Gasteiger partial charge in [-0.25, -0.2) is 9.67 Å². The molecule has 152 valence electrons. The van der Waals surface area contributed by atoms with Gasteiger partial charge in [-0.15, -0.1) is 11.3 Å². The van der Waals surface area contributed by atoms with E-state index in [0.717, 1.165) is 46.4 Å². The normalized spacial score (nSPS) is 14.0. The number of aryl methyl sites for hydroxylation is 4. The Morgan fingerprint density at radius 3 is 2.73 bits per heavy atom. The lowest BCUT2D eigenvalue weighted by Gasteiger charge is -2.10. The van der Waals surface area contributed by atoms with Crippen molar-refractivity contribution in [1.82, 2.24) is 19.4 Å². The second-order valence-electron chi connectivity index (χ2n) is 7.45. The average Bonchev–Trinajstić information content (AvgIpc) is 3.25. The van der Waals surface area contributed by atoms with Crippen LogP contribution in [0.15, 0.2) is 40.2 Å². The van der Waals surface area contributed by atoms with Crippen molar-refractivity contribution in [2.24, 2.45) is 5.10 Å². The number of halogens is 1. The molecule has 1 aliphatic carbocycles. The third-order valence-corrected chi connectivity index (χ3v) is 7.03. The first kappa shape index (κ1) is 19.2. The van der Waals surface area contributed by atoms with Gasteiger partial charge < -0.3 is 0 Å². The van der Waals surface area contributed by atoms with Crippen LogP contribution in [-0.2, 0) is 12.8 Å². The fraction of sp³-hybridized carbons (Fsp3) is 0.273. The van der Waals surface area contributed by atoms with Gasteiger partial charge in [0, 0.05) is 4.88 Å². The molecule has 8 heteroatoms. The average molecular weight is 438 g/mol. The van der Waals surface area contributed by atoms with E-state index in [1.54, 1.807) is 29.2 Å². The van der Waals surface area contributed by atoms with Crippen LogP contribution >= 0.6 is 22.9 Å². The molecule has 0 radical (unpaired) electrons. The molecule has 1 aliphatic rings. The van der Waals surface area contributed by atoms with E-state index < -0.39 is 0 Å². The summed E-state index contributed by atoms with van der Waals surface area (Å²) >= 11 is 8.24. The van der Waals surface area contributed by atoms with Crippen molar-refractivity contribution in [1.29, 1.82) is 0 Å². The van der Waals surface area contributed by atoms with Crippen molar-refractivity contribution < 1.29 is 0 Å². The zero-order chi connectivity index (χ0) is 20.8. The van der Waals surface area contributed by atoms with Gasteiger partial charge in [0.2, 0.25) is 0 Å². The van der Waals surface area contributed by atoms with Gasteiger partial charge in [-0.2, -0.15) is 14.9 Å². The second kappa shape index (κ2) is 7.49. The van der Waals surface area contributed by atoms with E-state index in [-0.39, 0.29) is 5.56 Å². The van der Waals surface area contributed by atoms with Crippen molar-refractivity contribution >= 4 is 39.4 Å². The summed E-state index contributed by atoms with van der Waals surface area (Å²) in [6.45, 7) is 3.68. The number of hydrogen-bond donors (Lipinski definition) is 0. The number of nitrogens with zero attached hydrogens (tertiary/aromatic N) is 5. The Hall–Kier alpha value is -2.77. The molecular weight excluding hydrogens is 418 g/mol. The van der Waals surface area contributed by atoms with Gasteiger partial charge in [0.15, 0.2) is 0 Å². The number of rotatable bonds is 3. The van der Waals surface area contributed by atoms with Gasteiger partial charge in [-0.05, 0) is 57.2 Å². The van der Waals surface area contributed by atoms with Gasteiger partial charge in [-0.3, -0.25) is 4.79 Å². The maximum absolute atomic E-state index is 13.3. The summed E-state index contributed by atoms with van der Waals surface area (Å²) in [5.74, 6) is 0.562. The smallest absolute Gasteiger partial charge is 0.267 e. The van der Waals surface area contributed by atoms with Gasteiger partial charge in [0.1, 0.15) is 15.8 Å². The summed E-state index contributed by atoms with van der Waals surface area (Å²) in [4.78, 5) is 20.0. The van der Waals surface area contributed by atoms with Gasteiger partial charge >= 0.3 is 0 Å². The molecule has 0 N–H and O–H groups in total. The Morgan fingerprint density at radius 2 is 1.93 bits per heavy atom. The highest BCUT2D eigenvalue weighted by Crippen LogP contribution is 2.33. The van der Waals surface area contributed by atoms with Crippen LogP contribution in [0.5, 0.6) is 0 Å². The van der Waals surface area contributed by atoms with E-state index in [4.69, 9.17) is 11.6 Å². The van der Waals surface area contributed by atoms with Crippen LogP contribution in [-0.4, -0.2) is 25.7 Å². The molecule has 6 nitrogen and oxygen atoms in total. The molecule has 1 aromatic carbocycles. The van der Waals surface area contributed by atoms with Crippen molar-refractivity contribution in [3.8, 4) is 5.69 Å². The quantitative estimate of drug-likeness (QED) is 0.437. The Balaban J connectivity index is 1.60. The number of benzene rings is 1. The summed E-state index contributed by atoms with van der Waals surface area (Å²) in [7, 11) is 0. The summed E-state index contributed by atoms with van der Waals surface area (Å²) in [6.07, 6.45) is 5.86. The first-order valence-electron chi connectivity index (χ1n) is 9.93. The maximum atomic E-state index is 13.3. The standard InChI is InChI=1S/C22H20ClN5OS/c1-13-17(20(23)28(26-13)15-8-4-3-5-9-15)12-24-27-14(2)25-21-19(22(27)29)16-10-6-7-11-18(16)30-21/h3-5,8-9,12H,6-7,10-11H2,1-2H3/b24-12-. The highest BCUT2D eigenvalue weighted by atomic mass is 35.5. The monoisotopic (exact) mass is 437 g/mol. The highest BCUT2D eigenvalue weighted by Gasteiger charge is 2.21. The van der Waals surface area contributed by atoms with E-state index in [1.807, 2.05) is 37.3 Å². The van der Waals surface area contributed by atoms with E-state index in [1.165, 1.54) is 16.0 Å². The molecular formula is C22H20ClN5OS. The molecule has 4 aromatic rings. The largest absolute Gasteiger partial charge is 0.283 e. The van der Waals surface area contributed by atoms with Crippen LogP contribution in [0.25, 0.3) is 15.9 Å². The van der Waals surface area contributed by atoms with Crippen molar-refractivity contribution in [2.75, 3.05) is 0 Å². The zero-order valence-electron chi connectivity index (χ0n) is 16.7. The molecule has 0 fully saturated rings. The summed E-state index contributed by atoms with van der Waals surface area (Å²) in [5, 5.41) is 10.2. The predicted molar refractivity (Wildman–Crippen MR) is 122 cm³/mol. The third-order valence-electron chi connectivity index (χ3n) is 5.48. The minimum Gasteiger partial charge on any atom is -0.267 e. The molecule has 0 saturated carbocycles. The van der Waals surface area contributed by atoms with Crippen molar-refractivity contribution in [2.45, 2.75) is 39.5 Å². The molecule has 0 atom stereocenters. The molecule has 3 heterocycles. The van der Waals surface area contributed by atoms with Crippen molar-refractivity contribution in [3.63, 3.8) is 0 Å². The lowest BCUT2D eigenvalue weighted by atomic mass is 9.97. The van der Waals surface area contributed by atoms with Gasteiger partial charge in [0.25, 0.3) is 5.56 Å². The van der Waals surface area contributed by atoms with Crippen LogP contribution in [0.2, 0.25) is 5.15 Å². The molecule has 0 saturated heterocycles. The molecule has 0 amide bonds. The highest BCUT2D eigenvalue weighted by molar-refractivity contribution is 7.18. The first-order chi connectivity index (χ1) is 14.5. The first-order valence-corrected chi connectivity index (χ1v) is 11.1. The second-order valence-corrected chi connectivity index (χ2v) is 8.89. The molecule has 0 aliphatic heterocycles. The number of para-hydroxylation sites is 1. The summed E-state index contributed by atoms with van der Waals surface area (Å²) in [5.41, 5.74) is 3.33. The Bertz CT molecular complexity index is 1350. The number of hydrogen-bond acceptors (Lipinski definition) is 5. The fourth-order valence-corrected chi connectivity index (χ4v) is 5.57. The zero-order valence-corrected chi connectivity index (χ0v) is 18.3. The van der Waals surface area contributed by atoms with Crippen LogP contribution in [0.1, 0.15) is 40.4 Å². The molecule has 0 unspecified atom stereocenters. The predicted octanol–water partition coefficient (Wildman–Crippen LogP) is 4.67. The SMILES string of the molecule is Cc1nn(-c2ccccc2)c(Cl)c1/C=N\n1c(C)nc2sc3c(c2c1=O)CCCC3. The van der Waals surface area contributed by atoms with E-state index >= 15 is 0 Å². The van der Waals surface area contributed by atoms with E-state index in [9.17, 15) is 4.79 Å². The minimum absolute atomic E-state index is 0.114. The van der Waals surface area contributed by atoms with Crippen LogP contribution in [0, 0.1) is 13.8 Å². The molecule has 0 bridgehead atoms. The van der Waals surface area contributed by atoms with Crippen LogP contribution < -0.4 is 5.56 Å². The van der Waals surface area contributed by atoms with Crippen LogP contribution in [0.4, 0.5) is 0 Å². The van der Waals surface area contributed by atoms with Crippen molar-refractivity contribution in [3.05, 3.63) is 73.4 Å². The minimum atomic E-state index is -0.114.